The average molecular weight is 318 g/mol. The largest absolute Gasteiger partial charge is 0.467 e. The smallest absolute Gasteiger partial charge is 0.273 e. The Labute approximate surface area is 135 Å². The van der Waals surface area contributed by atoms with E-state index in [1.165, 1.54) is 0 Å². The highest BCUT2D eigenvalue weighted by molar-refractivity contribution is 7.11. The molecule has 118 valence electrons. The van der Waals surface area contributed by atoms with Crippen molar-refractivity contribution in [2.45, 2.75) is 45.1 Å². The van der Waals surface area contributed by atoms with E-state index < -0.39 is 0 Å². The fraction of sp³-hybridized carbons (Fsp3) is 0.562. The average Bonchev–Trinajstić information content (AvgIpc) is 3.00. The first kappa shape index (κ1) is 15.2. The summed E-state index contributed by atoms with van der Waals surface area (Å²) in [7, 11) is 0. The van der Waals surface area contributed by atoms with E-state index in [9.17, 15) is 0 Å². The maximum Gasteiger partial charge on any atom is 0.273 e. The molecule has 0 saturated carbocycles. The zero-order chi connectivity index (χ0) is 15.6. The molecule has 0 radical (unpaired) electrons. The fourth-order valence-corrected chi connectivity index (χ4v) is 3.06. The number of nitrogens with zero attached hydrogens (tertiary/aromatic N) is 4. The molecule has 2 aromatic heterocycles. The molecule has 0 N–H and O–H groups in total. The van der Waals surface area contributed by atoms with Crippen LogP contribution in [-0.4, -0.2) is 34.4 Å². The molecule has 3 rings (SSSR count). The van der Waals surface area contributed by atoms with Gasteiger partial charge >= 0.3 is 0 Å². The maximum absolute atomic E-state index is 5.89. The molecule has 2 aromatic rings. The van der Waals surface area contributed by atoms with Crippen LogP contribution in [0.5, 0.6) is 5.19 Å². The second kappa shape index (κ2) is 6.20. The molecule has 5 nitrogen and oxygen atoms in total. The Morgan fingerprint density at radius 3 is 2.50 bits per heavy atom. The maximum atomic E-state index is 5.89. The summed E-state index contributed by atoms with van der Waals surface area (Å²) in [5.74, 6) is 0.959. The van der Waals surface area contributed by atoms with Gasteiger partial charge < -0.3 is 9.64 Å². The Morgan fingerprint density at radius 2 is 1.95 bits per heavy atom. The highest BCUT2D eigenvalue weighted by atomic mass is 32.1. The molecule has 0 spiro atoms. The van der Waals surface area contributed by atoms with Crippen molar-refractivity contribution < 1.29 is 4.74 Å². The highest BCUT2D eigenvalue weighted by Crippen LogP contribution is 2.24. The Balaban J connectivity index is 1.57. The predicted molar refractivity (Wildman–Crippen MR) is 88.7 cm³/mol. The van der Waals surface area contributed by atoms with E-state index in [0.717, 1.165) is 42.6 Å². The monoisotopic (exact) mass is 318 g/mol. The van der Waals surface area contributed by atoms with Crippen molar-refractivity contribution in [2.24, 2.45) is 0 Å². The van der Waals surface area contributed by atoms with Gasteiger partial charge in [0.15, 0.2) is 5.82 Å². The number of piperidine rings is 1. The van der Waals surface area contributed by atoms with Crippen LogP contribution < -0.4 is 9.64 Å². The molecule has 0 atom stereocenters. The van der Waals surface area contributed by atoms with Gasteiger partial charge in [0, 0.05) is 42.9 Å². The molecule has 1 aliphatic heterocycles. The molecule has 3 heterocycles. The SMILES string of the molecule is CC(C)(C)c1ccc(N2CCC(Oc3nccs3)CC2)nn1. The van der Waals surface area contributed by atoms with Gasteiger partial charge in [0.05, 0.1) is 5.69 Å². The molecule has 6 heteroatoms. The molecule has 0 unspecified atom stereocenters. The molecule has 0 aliphatic carbocycles. The molecule has 1 saturated heterocycles. The topological polar surface area (TPSA) is 51.1 Å². The number of rotatable bonds is 3. The third-order valence-electron chi connectivity index (χ3n) is 3.86. The number of thiazole rings is 1. The summed E-state index contributed by atoms with van der Waals surface area (Å²) in [6, 6.07) is 4.16. The van der Waals surface area contributed by atoms with Crippen molar-refractivity contribution in [3.8, 4) is 5.19 Å². The van der Waals surface area contributed by atoms with Crippen LogP contribution in [0.15, 0.2) is 23.7 Å². The second-order valence-electron chi connectivity index (χ2n) is 6.63. The van der Waals surface area contributed by atoms with Crippen LogP contribution in [0.25, 0.3) is 0 Å². The lowest BCUT2D eigenvalue weighted by Gasteiger charge is -2.32. The molecule has 0 amide bonds. The lowest BCUT2D eigenvalue weighted by Crippen LogP contribution is -2.38. The number of anilines is 1. The highest BCUT2D eigenvalue weighted by Gasteiger charge is 2.23. The van der Waals surface area contributed by atoms with Crippen LogP contribution in [0.3, 0.4) is 0 Å². The summed E-state index contributed by atoms with van der Waals surface area (Å²) in [5.41, 5.74) is 1.07. The van der Waals surface area contributed by atoms with Gasteiger partial charge in [0.25, 0.3) is 5.19 Å². The molecule has 1 aliphatic rings. The van der Waals surface area contributed by atoms with Gasteiger partial charge in [-0.2, -0.15) is 5.10 Å². The summed E-state index contributed by atoms with van der Waals surface area (Å²) in [5, 5.41) is 11.5. The molecular weight excluding hydrogens is 296 g/mol. The molecular formula is C16H22N4OS. The fourth-order valence-electron chi connectivity index (χ4n) is 2.51. The van der Waals surface area contributed by atoms with Gasteiger partial charge in [-0.1, -0.05) is 32.1 Å². The van der Waals surface area contributed by atoms with E-state index in [4.69, 9.17) is 4.74 Å². The third-order valence-corrected chi connectivity index (χ3v) is 4.52. The van der Waals surface area contributed by atoms with Crippen LogP contribution in [0.1, 0.15) is 39.3 Å². The molecule has 1 fully saturated rings. The van der Waals surface area contributed by atoms with E-state index in [2.05, 4.69) is 53.0 Å². The van der Waals surface area contributed by atoms with Crippen molar-refractivity contribution in [3.05, 3.63) is 29.4 Å². The summed E-state index contributed by atoms with van der Waals surface area (Å²) in [4.78, 5) is 6.46. The van der Waals surface area contributed by atoms with E-state index in [0.29, 0.717) is 0 Å². The number of hydrogen-bond donors (Lipinski definition) is 0. The quantitative estimate of drug-likeness (QED) is 0.869. The predicted octanol–water partition coefficient (Wildman–Crippen LogP) is 3.28. The standard InChI is InChI=1S/C16H22N4OS/c1-16(2,3)13-4-5-14(19-18-13)20-9-6-12(7-10-20)21-15-17-8-11-22-15/h4-5,8,11-12H,6-7,9-10H2,1-3H3. The van der Waals surface area contributed by atoms with Gasteiger partial charge in [-0.3, -0.25) is 0 Å². The normalized spacial score (nSPS) is 16.8. The van der Waals surface area contributed by atoms with Gasteiger partial charge in [-0.25, -0.2) is 4.98 Å². The van der Waals surface area contributed by atoms with E-state index in [-0.39, 0.29) is 11.5 Å². The zero-order valence-corrected chi connectivity index (χ0v) is 14.1. The molecule has 0 bridgehead atoms. The zero-order valence-electron chi connectivity index (χ0n) is 13.3. The first-order valence-corrected chi connectivity index (χ1v) is 8.55. The Morgan fingerprint density at radius 1 is 1.18 bits per heavy atom. The van der Waals surface area contributed by atoms with E-state index in [1.807, 2.05) is 5.38 Å². The molecule has 22 heavy (non-hydrogen) atoms. The van der Waals surface area contributed by atoms with Gasteiger partial charge in [0.2, 0.25) is 0 Å². The van der Waals surface area contributed by atoms with E-state index in [1.54, 1.807) is 17.5 Å². The summed E-state index contributed by atoms with van der Waals surface area (Å²) in [6.45, 7) is 8.34. The number of ether oxygens (including phenoxy) is 1. The lowest BCUT2D eigenvalue weighted by molar-refractivity contribution is 0.170. The van der Waals surface area contributed by atoms with Crippen molar-refractivity contribution >= 4 is 17.2 Å². The minimum Gasteiger partial charge on any atom is -0.467 e. The second-order valence-corrected chi connectivity index (χ2v) is 7.49. The lowest BCUT2D eigenvalue weighted by atomic mass is 9.92. The number of aromatic nitrogens is 3. The number of hydrogen-bond acceptors (Lipinski definition) is 6. The van der Waals surface area contributed by atoms with Gasteiger partial charge in [-0.15, -0.1) is 5.10 Å². The first-order valence-electron chi connectivity index (χ1n) is 7.68. The minimum atomic E-state index is 0.0417. The first-order chi connectivity index (χ1) is 10.5. The Kier molecular flexibility index (Phi) is 4.29. The van der Waals surface area contributed by atoms with Crippen LogP contribution >= 0.6 is 11.3 Å². The third kappa shape index (κ3) is 3.55. The van der Waals surface area contributed by atoms with Crippen molar-refractivity contribution in [3.63, 3.8) is 0 Å². The summed E-state index contributed by atoms with van der Waals surface area (Å²) >= 11 is 1.55. The van der Waals surface area contributed by atoms with Gasteiger partial charge in [-0.05, 0) is 12.1 Å². The van der Waals surface area contributed by atoms with Crippen molar-refractivity contribution in [2.75, 3.05) is 18.0 Å². The van der Waals surface area contributed by atoms with Crippen LogP contribution in [-0.2, 0) is 5.41 Å². The van der Waals surface area contributed by atoms with E-state index >= 15 is 0 Å². The molecule has 0 aromatic carbocycles. The summed E-state index contributed by atoms with van der Waals surface area (Å²) in [6.07, 6.45) is 4.01. The van der Waals surface area contributed by atoms with Gasteiger partial charge in [0.1, 0.15) is 6.10 Å². The Hall–Kier alpha value is -1.69. The van der Waals surface area contributed by atoms with Crippen LogP contribution in [0, 0.1) is 0 Å². The Bertz CT molecular complexity index is 584. The minimum absolute atomic E-state index is 0.0417. The van der Waals surface area contributed by atoms with Crippen LogP contribution in [0.4, 0.5) is 5.82 Å². The van der Waals surface area contributed by atoms with Crippen LogP contribution in [0.2, 0.25) is 0 Å². The summed E-state index contributed by atoms with van der Waals surface area (Å²) < 4.78 is 5.89. The van der Waals surface area contributed by atoms with Crippen molar-refractivity contribution in [1.29, 1.82) is 0 Å². The van der Waals surface area contributed by atoms with Crippen molar-refractivity contribution in [1.82, 2.24) is 15.2 Å².